The van der Waals surface area contributed by atoms with Crippen LogP contribution in [0.25, 0.3) is 0 Å². The van der Waals surface area contributed by atoms with Crippen molar-refractivity contribution in [3.63, 3.8) is 0 Å². The quantitative estimate of drug-likeness (QED) is 0.0771. The Morgan fingerprint density at radius 1 is 0.962 bits per heavy atom. The normalized spacial score (nSPS) is 34.7. The predicted octanol–water partition coefficient (Wildman–Crippen LogP) is 5.55. The minimum absolute atomic E-state index is 0.0341. The van der Waals surface area contributed by atoms with Crippen LogP contribution in [0.4, 0.5) is 4.39 Å². The number of esters is 1. The van der Waals surface area contributed by atoms with Crippen molar-refractivity contribution in [2.75, 3.05) is 6.54 Å². The highest BCUT2D eigenvalue weighted by molar-refractivity contribution is 5.93. The summed E-state index contributed by atoms with van der Waals surface area (Å²) in [5.74, 6) is -8.28. The zero-order valence-corrected chi connectivity index (χ0v) is 47.9. The van der Waals surface area contributed by atoms with Crippen molar-refractivity contribution in [1.82, 2.24) is 26.4 Å². The summed E-state index contributed by atoms with van der Waals surface area (Å²) in [7, 11) is 0. The van der Waals surface area contributed by atoms with Crippen LogP contribution < -0.4 is 21.4 Å². The van der Waals surface area contributed by atoms with Gasteiger partial charge in [0.25, 0.3) is 5.91 Å². The van der Waals surface area contributed by atoms with Gasteiger partial charge in [0.15, 0.2) is 11.6 Å². The van der Waals surface area contributed by atoms with E-state index in [0.29, 0.717) is 49.7 Å². The first-order valence-corrected chi connectivity index (χ1v) is 28.5. The maximum atomic E-state index is 14.5. The van der Waals surface area contributed by atoms with Crippen molar-refractivity contribution >= 4 is 35.4 Å². The number of nitrogens with one attached hydrogen (secondary N) is 4. The lowest BCUT2D eigenvalue weighted by Crippen LogP contribution is -2.71. The molecule has 0 aliphatic carbocycles. The Kier molecular flexibility index (Phi) is 24.0. The van der Waals surface area contributed by atoms with Gasteiger partial charge < -0.3 is 55.8 Å². The number of piperidine rings is 1. The zero-order valence-electron chi connectivity index (χ0n) is 47.9. The summed E-state index contributed by atoms with van der Waals surface area (Å²) in [5, 5.41) is 65.8. The molecule has 440 valence electrons. The van der Waals surface area contributed by atoms with Crippen LogP contribution in [0.5, 0.6) is 5.75 Å². The van der Waals surface area contributed by atoms with E-state index in [4.69, 9.17) is 9.47 Å². The number of aliphatic hydroxyl groups excluding tert-OH is 4. The number of allylic oxidation sites excluding steroid dienone is 5. The molecule has 3 fully saturated rings. The van der Waals surface area contributed by atoms with E-state index in [1.165, 1.54) is 24.1 Å². The van der Waals surface area contributed by atoms with Crippen molar-refractivity contribution in [3.05, 3.63) is 77.7 Å². The lowest BCUT2D eigenvalue weighted by Gasteiger charge is -2.56. The number of aromatic hydroxyl groups is 1. The molecular formula is C60H90FN5O13. The number of Topliss-reactive ketones (excluding diaryl/α,β-unsaturated/α-hetero) is 1. The van der Waals surface area contributed by atoms with Crippen LogP contribution in [0, 0.1) is 53.2 Å². The molecule has 4 amide bonds. The minimum atomic E-state index is -1.47. The van der Waals surface area contributed by atoms with Gasteiger partial charge in [-0.15, -0.1) is 0 Å². The number of hydrogen-bond donors (Lipinski definition) is 9. The maximum Gasteiger partial charge on any atom is 0.325 e. The van der Waals surface area contributed by atoms with Gasteiger partial charge in [-0.3, -0.25) is 29.0 Å². The number of nitrogens with zero attached hydrogens (tertiary/aromatic N) is 1. The molecule has 5 rings (SSSR count). The first-order chi connectivity index (χ1) is 37.3. The van der Waals surface area contributed by atoms with Crippen molar-refractivity contribution in [1.29, 1.82) is 0 Å². The van der Waals surface area contributed by atoms with Gasteiger partial charge in [0.2, 0.25) is 17.7 Å². The molecule has 3 saturated heterocycles. The van der Waals surface area contributed by atoms with Crippen LogP contribution >= 0.6 is 0 Å². The number of phenolic OH excluding ortho intramolecular Hbond substituents is 1. The van der Waals surface area contributed by atoms with Gasteiger partial charge in [-0.05, 0) is 93.9 Å². The summed E-state index contributed by atoms with van der Waals surface area (Å²) in [6.07, 6.45) is 9.96. The third-order valence-corrected chi connectivity index (χ3v) is 17.0. The number of amides is 4. The second-order valence-electron chi connectivity index (χ2n) is 23.3. The number of aliphatic hydroxyl groups is 4. The topological polar surface area (TPSA) is 273 Å². The van der Waals surface area contributed by atoms with E-state index < -0.39 is 113 Å². The molecule has 0 aromatic heterocycles. The standard InChI is InChI=1S/C60H90FN5O13/c1-11-42-29-36(6)60(64-55(42)73)40(10)53(71)39(9)51(79-60)32-48(69)34(4)19-14-12-15-20-35(5)50-23-17-13-16-22-47(68)38(8)54(72)43(26-24-37(7)67)56(74)63-52(33(2)3)57(75)62-46(30-41-25-27-44(61)49(70)31-41)58(76)66-28-18-21-45(65-66)59(77)78-50/h12-13,15-17,20,22,25,27,31,33-34,36,38-40,42-43,45-48,50-54,65,68-72H,11,14,18-19,21,23-24,26,28-30,32H2,1-10H3,(H,62,75)(H,63,74)(H,64,73)/b15-12+,17-13+,22-16+,35-20+/t34-,36-,38-,39-,40-,42-,43+,45?,46-,47-,48-,50-,51-,52-,53-,54+,60+/m0/s1. The average molecular weight is 1110 g/mol. The lowest BCUT2D eigenvalue weighted by atomic mass is 9.69. The van der Waals surface area contributed by atoms with E-state index in [-0.39, 0.29) is 79.9 Å². The summed E-state index contributed by atoms with van der Waals surface area (Å²) in [4.78, 5) is 82.2. The molecule has 9 N–H and O–H groups in total. The second-order valence-corrected chi connectivity index (χ2v) is 23.3. The van der Waals surface area contributed by atoms with Crippen LogP contribution in [0.1, 0.15) is 139 Å². The molecule has 2 bridgehead atoms. The van der Waals surface area contributed by atoms with Crippen LogP contribution in [-0.2, 0) is 44.7 Å². The molecule has 1 spiro atoms. The number of carbonyl (C=O) groups is 6. The number of hydrogen-bond acceptors (Lipinski definition) is 14. The first-order valence-electron chi connectivity index (χ1n) is 28.5. The third kappa shape index (κ3) is 16.9. The number of benzene rings is 1. The first kappa shape index (κ1) is 64.5. The molecule has 79 heavy (non-hydrogen) atoms. The number of cyclic esters (lactones) is 1. The Bertz CT molecular complexity index is 2400. The highest BCUT2D eigenvalue weighted by Gasteiger charge is 2.57. The fourth-order valence-electron chi connectivity index (χ4n) is 11.3. The van der Waals surface area contributed by atoms with Crippen molar-refractivity contribution in [2.45, 2.75) is 200 Å². The Labute approximate surface area is 466 Å². The number of ketones is 1. The number of hydrazine groups is 1. The third-order valence-electron chi connectivity index (χ3n) is 17.0. The molecule has 4 aliphatic rings. The number of fused-ring (bicyclic) bond motifs is 2. The van der Waals surface area contributed by atoms with Gasteiger partial charge in [0.05, 0.1) is 36.4 Å². The SMILES string of the molecule is CC[C@H]1C[C@H](C)[C@@]2(NC1=O)O[C@@H](C[C@H](O)[C@@H](C)CC/C=C/C=C(\C)[C@@H]1C/C=C/C=C/[C@H](O)[C@H](C)[C@@H](O)[C@@H](CCC(C)=O)C(=O)N[C@@H](C(C)C)C(=O)N[C@@H](Cc3ccc(F)c(O)c3)C(=O)N3CCCC(N3)C(=O)O1)[C@H](C)[C@H](O)[C@@H]2C. The van der Waals surface area contributed by atoms with Gasteiger partial charge in [-0.25, -0.2) is 9.82 Å². The second kappa shape index (κ2) is 29.4. The zero-order chi connectivity index (χ0) is 58.5. The molecule has 1 aromatic rings. The summed E-state index contributed by atoms with van der Waals surface area (Å²) >= 11 is 0. The largest absolute Gasteiger partial charge is 0.505 e. The molecule has 0 radical (unpaired) electrons. The van der Waals surface area contributed by atoms with E-state index in [2.05, 4.69) is 21.4 Å². The number of ether oxygens (including phenoxy) is 2. The van der Waals surface area contributed by atoms with E-state index in [1.807, 2.05) is 59.8 Å². The molecule has 19 heteroatoms. The minimum Gasteiger partial charge on any atom is -0.505 e. The van der Waals surface area contributed by atoms with E-state index in [9.17, 15) is 58.7 Å². The molecule has 18 nitrogen and oxygen atoms in total. The van der Waals surface area contributed by atoms with Gasteiger partial charge in [-0.1, -0.05) is 104 Å². The number of phenols is 1. The average Bonchev–Trinajstić information content (AvgIpc) is 3.60. The molecular weight excluding hydrogens is 1020 g/mol. The Morgan fingerprint density at radius 3 is 2.35 bits per heavy atom. The highest BCUT2D eigenvalue weighted by Crippen LogP contribution is 2.46. The summed E-state index contributed by atoms with van der Waals surface area (Å²) in [6.45, 7) is 18.0. The van der Waals surface area contributed by atoms with Gasteiger partial charge in [0.1, 0.15) is 35.7 Å². The number of carbonyl (C=O) groups excluding carboxylic acids is 6. The van der Waals surface area contributed by atoms with E-state index in [1.54, 1.807) is 39.0 Å². The van der Waals surface area contributed by atoms with Crippen LogP contribution in [0.3, 0.4) is 0 Å². The molecule has 1 aromatic carbocycles. The summed E-state index contributed by atoms with van der Waals surface area (Å²) in [6, 6.07) is -0.0791. The van der Waals surface area contributed by atoms with Crippen molar-refractivity contribution in [2.24, 2.45) is 47.3 Å². The van der Waals surface area contributed by atoms with Crippen LogP contribution in [0.2, 0.25) is 0 Å². The van der Waals surface area contributed by atoms with Crippen LogP contribution in [-0.4, -0.2) is 133 Å². The number of rotatable bonds is 15. The van der Waals surface area contributed by atoms with Gasteiger partial charge in [0, 0.05) is 61.8 Å². The van der Waals surface area contributed by atoms with Crippen molar-refractivity contribution in [3.8, 4) is 5.75 Å². The Hall–Kier alpha value is -5.31. The summed E-state index contributed by atoms with van der Waals surface area (Å²) in [5.41, 5.74) is 2.95. The van der Waals surface area contributed by atoms with E-state index >= 15 is 0 Å². The van der Waals surface area contributed by atoms with E-state index in [0.717, 1.165) is 12.1 Å². The summed E-state index contributed by atoms with van der Waals surface area (Å²) < 4.78 is 27.1. The van der Waals surface area contributed by atoms with Crippen LogP contribution in [0.15, 0.2) is 66.3 Å². The monoisotopic (exact) mass is 1110 g/mol. The van der Waals surface area contributed by atoms with Gasteiger partial charge >= 0.3 is 5.97 Å². The van der Waals surface area contributed by atoms with Crippen molar-refractivity contribution < 1.29 is 68.2 Å². The molecule has 17 atom stereocenters. The Morgan fingerprint density at radius 2 is 1.68 bits per heavy atom. The fourth-order valence-corrected chi connectivity index (χ4v) is 11.3. The molecule has 1 unspecified atom stereocenters. The Balaban J connectivity index is 1.36. The molecule has 0 saturated carbocycles. The molecule has 4 aliphatic heterocycles. The number of halogens is 1. The smallest absolute Gasteiger partial charge is 0.325 e. The predicted molar refractivity (Wildman–Crippen MR) is 295 cm³/mol. The lowest BCUT2D eigenvalue weighted by molar-refractivity contribution is -0.267. The maximum absolute atomic E-state index is 14.5. The fraction of sp³-hybridized carbons (Fsp3) is 0.667. The molecule has 4 heterocycles. The van der Waals surface area contributed by atoms with Gasteiger partial charge in [-0.2, -0.15) is 0 Å². The highest BCUT2D eigenvalue weighted by atomic mass is 19.1.